The van der Waals surface area contributed by atoms with Gasteiger partial charge in [0.25, 0.3) is 5.56 Å². The van der Waals surface area contributed by atoms with Crippen LogP contribution in [0.1, 0.15) is 12.8 Å². The number of nitrogens with zero attached hydrogens (tertiary/aromatic N) is 2. The molecule has 2 heterocycles. The highest BCUT2D eigenvalue weighted by atomic mass is 16.5. The van der Waals surface area contributed by atoms with E-state index >= 15 is 0 Å². The van der Waals surface area contributed by atoms with Crippen LogP contribution in [0.15, 0.2) is 47.3 Å². The SMILES string of the molecule is O=C(Cn1nc(-c2ccccc2)ccc1=O)NC[C@@H]1CCCO1. The predicted molar refractivity (Wildman–Crippen MR) is 85.9 cm³/mol. The largest absolute Gasteiger partial charge is 0.376 e. The summed E-state index contributed by atoms with van der Waals surface area (Å²) in [6.45, 7) is 1.14. The molecule has 3 rings (SSSR count). The van der Waals surface area contributed by atoms with Crippen molar-refractivity contribution in [2.45, 2.75) is 25.5 Å². The van der Waals surface area contributed by atoms with E-state index in [1.807, 2.05) is 30.3 Å². The van der Waals surface area contributed by atoms with E-state index in [0.717, 1.165) is 25.0 Å². The number of amides is 1. The van der Waals surface area contributed by atoms with Crippen LogP contribution < -0.4 is 10.9 Å². The molecule has 1 N–H and O–H groups in total. The molecule has 120 valence electrons. The molecule has 1 aliphatic rings. The molecule has 2 aromatic rings. The van der Waals surface area contributed by atoms with Crippen LogP contribution in [0.25, 0.3) is 11.3 Å². The molecule has 23 heavy (non-hydrogen) atoms. The van der Waals surface area contributed by atoms with Gasteiger partial charge in [-0.15, -0.1) is 0 Å². The van der Waals surface area contributed by atoms with Crippen LogP contribution in [0.2, 0.25) is 0 Å². The standard InChI is InChI=1S/C17H19N3O3/c21-16(18-11-14-7-4-10-23-14)12-20-17(22)9-8-15(19-20)13-5-2-1-3-6-13/h1-3,5-6,8-9,14H,4,7,10-12H2,(H,18,21)/t14-/m0/s1. The lowest BCUT2D eigenvalue weighted by molar-refractivity contribution is -0.122. The van der Waals surface area contributed by atoms with Crippen LogP contribution in [-0.4, -0.2) is 34.9 Å². The molecule has 6 nitrogen and oxygen atoms in total. The lowest BCUT2D eigenvalue weighted by Crippen LogP contribution is -2.37. The molecule has 0 aliphatic carbocycles. The van der Waals surface area contributed by atoms with E-state index in [-0.39, 0.29) is 24.1 Å². The van der Waals surface area contributed by atoms with E-state index in [0.29, 0.717) is 12.2 Å². The minimum Gasteiger partial charge on any atom is -0.376 e. The van der Waals surface area contributed by atoms with Crippen LogP contribution in [-0.2, 0) is 16.1 Å². The Balaban J connectivity index is 1.67. The number of aromatic nitrogens is 2. The Kier molecular flexibility index (Phi) is 4.83. The summed E-state index contributed by atoms with van der Waals surface area (Å²) in [5, 5.41) is 7.07. The second-order valence-corrected chi connectivity index (χ2v) is 5.52. The zero-order chi connectivity index (χ0) is 16.1. The Morgan fingerprint density at radius 1 is 1.26 bits per heavy atom. The first kappa shape index (κ1) is 15.4. The topological polar surface area (TPSA) is 73.2 Å². The Labute approximate surface area is 134 Å². The number of carbonyl (C=O) groups is 1. The van der Waals surface area contributed by atoms with Crippen molar-refractivity contribution in [3.8, 4) is 11.3 Å². The van der Waals surface area contributed by atoms with Crippen molar-refractivity contribution in [2.24, 2.45) is 0 Å². The third kappa shape index (κ3) is 4.04. The van der Waals surface area contributed by atoms with Gasteiger partial charge in [-0.1, -0.05) is 30.3 Å². The fraction of sp³-hybridized carbons (Fsp3) is 0.353. The Hall–Kier alpha value is -2.47. The number of ether oxygens (including phenoxy) is 1. The van der Waals surface area contributed by atoms with Gasteiger partial charge in [-0.25, -0.2) is 4.68 Å². The summed E-state index contributed by atoms with van der Waals surface area (Å²) in [5.41, 5.74) is 1.27. The van der Waals surface area contributed by atoms with Gasteiger partial charge in [-0.05, 0) is 18.9 Å². The molecule has 1 aliphatic heterocycles. The zero-order valence-corrected chi connectivity index (χ0v) is 12.8. The fourth-order valence-electron chi connectivity index (χ4n) is 2.55. The molecule has 1 aromatic carbocycles. The van der Waals surface area contributed by atoms with Gasteiger partial charge in [0.15, 0.2) is 0 Å². The quantitative estimate of drug-likeness (QED) is 0.900. The van der Waals surface area contributed by atoms with E-state index in [1.54, 1.807) is 6.07 Å². The minimum atomic E-state index is -0.294. The lowest BCUT2D eigenvalue weighted by atomic mass is 10.1. The van der Waals surface area contributed by atoms with Gasteiger partial charge in [0, 0.05) is 24.8 Å². The van der Waals surface area contributed by atoms with Crippen molar-refractivity contribution in [2.75, 3.05) is 13.2 Å². The van der Waals surface area contributed by atoms with Gasteiger partial charge >= 0.3 is 0 Å². The van der Waals surface area contributed by atoms with Crippen molar-refractivity contribution < 1.29 is 9.53 Å². The number of hydrogen-bond acceptors (Lipinski definition) is 4. The molecular formula is C17H19N3O3. The first-order valence-electron chi connectivity index (χ1n) is 7.74. The molecule has 0 spiro atoms. The average molecular weight is 313 g/mol. The van der Waals surface area contributed by atoms with Gasteiger partial charge in [0.1, 0.15) is 6.54 Å². The molecule has 0 radical (unpaired) electrons. The van der Waals surface area contributed by atoms with Crippen LogP contribution in [0.5, 0.6) is 0 Å². The van der Waals surface area contributed by atoms with E-state index in [9.17, 15) is 9.59 Å². The molecular weight excluding hydrogens is 294 g/mol. The maximum Gasteiger partial charge on any atom is 0.267 e. The molecule has 0 saturated carbocycles. The molecule has 1 amide bonds. The third-order valence-corrected chi connectivity index (χ3v) is 3.78. The number of benzene rings is 1. The number of carbonyl (C=O) groups excluding carboxylic acids is 1. The third-order valence-electron chi connectivity index (χ3n) is 3.78. The monoisotopic (exact) mass is 313 g/mol. The first-order valence-corrected chi connectivity index (χ1v) is 7.74. The highest BCUT2D eigenvalue weighted by molar-refractivity contribution is 5.75. The first-order chi connectivity index (χ1) is 11.2. The predicted octanol–water partition coefficient (Wildman–Crippen LogP) is 1.21. The lowest BCUT2D eigenvalue weighted by Gasteiger charge is -2.11. The summed E-state index contributed by atoms with van der Waals surface area (Å²) < 4.78 is 6.64. The maximum atomic E-state index is 12.0. The summed E-state index contributed by atoms with van der Waals surface area (Å²) >= 11 is 0. The molecule has 1 atom stereocenters. The molecule has 1 saturated heterocycles. The van der Waals surface area contributed by atoms with E-state index in [4.69, 9.17) is 4.74 Å². The smallest absolute Gasteiger partial charge is 0.267 e. The van der Waals surface area contributed by atoms with Crippen LogP contribution in [0.4, 0.5) is 0 Å². The van der Waals surface area contributed by atoms with Gasteiger partial charge in [0.05, 0.1) is 11.8 Å². The molecule has 0 bridgehead atoms. The zero-order valence-electron chi connectivity index (χ0n) is 12.8. The van der Waals surface area contributed by atoms with Crippen molar-refractivity contribution in [1.29, 1.82) is 0 Å². The van der Waals surface area contributed by atoms with Gasteiger partial charge in [0.2, 0.25) is 5.91 Å². The number of hydrogen-bond donors (Lipinski definition) is 1. The van der Waals surface area contributed by atoms with Crippen LogP contribution in [0, 0.1) is 0 Å². The number of rotatable bonds is 5. The van der Waals surface area contributed by atoms with Gasteiger partial charge in [-0.3, -0.25) is 9.59 Å². The molecule has 6 heteroatoms. The van der Waals surface area contributed by atoms with E-state index in [2.05, 4.69) is 10.4 Å². The van der Waals surface area contributed by atoms with Gasteiger partial charge in [-0.2, -0.15) is 5.10 Å². The summed E-state index contributed by atoms with van der Waals surface area (Å²) in [5.74, 6) is -0.236. The average Bonchev–Trinajstić information content (AvgIpc) is 3.09. The summed E-state index contributed by atoms with van der Waals surface area (Å²) in [6, 6.07) is 12.6. The van der Waals surface area contributed by atoms with E-state index < -0.39 is 0 Å². The Bertz CT molecular complexity index is 721. The molecule has 1 aromatic heterocycles. The molecule has 1 fully saturated rings. The van der Waals surface area contributed by atoms with Gasteiger partial charge < -0.3 is 10.1 Å². The molecule has 0 unspecified atom stereocenters. The summed E-state index contributed by atoms with van der Waals surface area (Å²) in [6.07, 6.45) is 2.07. The Morgan fingerprint density at radius 2 is 2.09 bits per heavy atom. The fourth-order valence-corrected chi connectivity index (χ4v) is 2.55. The second kappa shape index (κ2) is 7.19. The highest BCUT2D eigenvalue weighted by Gasteiger charge is 2.16. The highest BCUT2D eigenvalue weighted by Crippen LogP contribution is 2.14. The Morgan fingerprint density at radius 3 is 2.83 bits per heavy atom. The van der Waals surface area contributed by atoms with Crippen LogP contribution >= 0.6 is 0 Å². The second-order valence-electron chi connectivity index (χ2n) is 5.52. The van der Waals surface area contributed by atoms with Crippen molar-refractivity contribution in [3.63, 3.8) is 0 Å². The van der Waals surface area contributed by atoms with Crippen molar-refractivity contribution in [1.82, 2.24) is 15.1 Å². The van der Waals surface area contributed by atoms with Crippen molar-refractivity contribution in [3.05, 3.63) is 52.8 Å². The summed E-state index contributed by atoms with van der Waals surface area (Å²) in [7, 11) is 0. The van der Waals surface area contributed by atoms with Crippen molar-refractivity contribution >= 4 is 5.91 Å². The van der Waals surface area contributed by atoms with Crippen LogP contribution in [0.3, 0.4) is 0 Å². The normalized spacial score (nSPS) is 17.1. The number of nitrogens with one attached hydrogen (secondary N) is 1. The van der Waals surface area contributed by atoms with E-state index in [1.165, 1.54) is 10.7 Å². The summed E-state index contributed by atoms with van der Waals surface area (Å²) in [4.78, 5) is 23.9. The maximum absolute atomic E-state index is 12.0. The minimum absolute atomic E-state index is 0.0827.